The van der Waals surface area contributed by atoms with Gasteiger partial charge in [0.25, 0.3) is 10.2 Å². The van der Waals surface area contributed by atoms with E-state index in [9.17, 15) is 13.2 Å². The highest BCUT2D eigenvalue weighted by Crippen LogP contribution is 2.19. The Morgan fingerprint density at radius 3 is 2.50 bits per heavy atom. The lowest BCUT2D eigenvalue weighted by atomic mass is 10.2. The van der Waals surface area contributed by atoms with Crippen LogP contribution in [0.3, 0.4) is 0 Å². The van der Waals surface area contributed by atoms with Crippen LogP contribution in [0, 0.1) is 6.92 Å². The van der Waals surface area contributed by atoms with Gasteiger partial charge in [-0.05, 0) is 36.6 Å². The monoisotopic (exact) mass is 373 g/mol. The molecule has 0 aromatic heterocycles. The Bertz CT molecular complexity index is 869. The molecular formula is C19H23N3O3S. The number of nitrogens with zero attached hydrogens (tertiary/aromatic N) is 2. The lowest BCUT2D eigenvalue weighted by Gasteiger charge is -2.34. The van der Waals surface area contributed by atoms with Crippen molar-refractivity contribution < 1.29 is 13.2 Å². The Balaban J connectivity index is 1.66. The first-order valence-electron chi connectivity index (χ1n) is 8.61. The predicted molar refractivity (Wildman–Crippen MR) is 102 cm³/mol. The van der Waals surface area contributed by atoms with Crippen molar-refractivity contribution in [3.8, 4) is 0 Å². The number of rotatable bonds is 5. The number of hydrogen-bond acceptors (Lipinski definition) is 3. The summed E-state index contributed by atoms with van der Waals surface area (Å²) in [7, 11) is -3.65. The second kappa shape index (κ2) is 7.99. The minimum absolute atomic E-state index is 0.179. The molecule has 1 aliphatic heterocycles. The summed E-state index contributed by atoms with van der Waals surface area (Å²) in [4.78, 5) is 12.3. The van der Waals surface area contributed by atoms with Gasteiger partial charge in [0, 0.05) is 25.3 Å². The number of nitrogens with one attached hydrogen (secondary N) is 1. The molecular weight excluding hydrogens is 350 g/mol. The summed E-state index contributed by atoms with van der Waals surface area (Å²) in [6, 6.07) is 16.9. The van der Waals surface area contributed by atoms with Gasteiger partial charge in [-0.1, -0.05) is 42.5 Å². The van der Waals surface area contributed by atoms with Crippen molar-refractivity contribution in [1.82, 2.24) is 8.61 Å². The van der Waals surface area contributed by atoms with Gasteiger partial charge in [0.1, 0.15) is 0 Å². The molecule has 7 heteroatoms. The van der Waals surface area contributed by atoms with E-state index >= 15 is 0 Å². The third-order valence-corrected chi connectivity index (χ3v) is 6.22. The van der Waals surface area contributed by atoms with E-state index in [1.807, 2.05) is 55.5 Å². The number of benzene rings is 2. The third kappa shape index (κ3) is 4.49. The second-order valence-electron chi connectivity index (χ2n) is 6.43. The van der Waals surface area contributed by atoms with Crippen molar-refractivity contribution in [3.05, 3.63) is 65.7 Å². The minimum Gasteiger partial charge on any atom is -0.325 e. The smallest absolute Gasteiger partial charge is 0.282 e. The van der Waals surface area contributed by atoms with Gasteiger partial charge in [-0.3, -0.25) is 4.79 Å². The Kier molecular flexibility index (Phi) is 5.70. The van der Waals surface area contributed by atoms with E-state index in [0.29, 0.717) is 31.7 Å². The molecule has 26 heavy (non-hydrogen) atoms. The molecule has 1 saturated heterocycles. The maximum Gasteiger partial charge on any atom is 0.282 e. The molecule has 2 aromatic rings. The fourth-order valence-corrected chi connectivity index (χ4v) is 4.65. The average Bonchev–Trinajstić information content (AvgIpc) is 2.59. The topological polar surface area (TPSA) is 69.7 Å². The molecule has 1 N–H and O–H groups in total. The lowest BCUT2D eigenvalue weighted by molar-refractivity contribution is -0.116. The van der Waals surface area contributed by atoms with Gasteiger partial charge in [0.2, 0.25) is 5.91 Å². The van der Waals surface area contributed by atoms with E-state index in [0.717, 1.165) is 11.1 Å². The molecule has 3 rings (SSSR count). The summed E-state index contributed by atoms with van der Waals surface area (Å²) in [5.41, 5.74) is 2.63. The Hall–Kier alpha value is -2.22. The zero-order valence-corrected chi connectivity index (χ0v) is 15.6. The van der Waals surface area contributed by atoms with Crippen LogP contribution < -0.4 is 5.32 Å². The fourth-order valence-electron chi connectivity index (χ4n) is 3.01. The summed E-state index contributed by atoms with van der Waals surface area (Å²) >= 11 is 0. The first kappa shape index (κ1) is 18.6. The predicted octanol–water partition coefficient (Wildman–Crippen LogP) is 2.39. The van der Waals surface area contributed by atoms with Crippen LogP contribution in [0.5, 0.6) is 0 Å². The molecule has 1 fully saturated rings. The van der Waals surface area contributed by atoms with Crippen molar-refractivity contribution in [2.45, 2.75) is 19.9 Å². The van der Waals surface area contributed by atoms with Gasteiger partial charge in [0.05, 0.1) is 6.54 Å². The SMILES string of the molecule is Cc1cccc(NC(=O)CN2CCCN(Cc3ccccc3)S2(=O)=O)c1. The highest BCUT2D eigenvalue weighted by atomic mass is 32.2. The van der Waals surface area contributed by atoms with Crippen LogP contribution in [0.4, 0.5) is 5.69 Å². The van der Waals surface area contributed by atoms with Crippen LogP contribution in [0.1, 0.15) is 17.5 Å². The fraction of sp³-hybridized carbons (Fsp3) is 0.316. The molecule has 1 amide bonds. The van der Waals surface area contributed by atoms with E-state index in [2.05, 4.69) is 5.32 Å². The molecule has 6 nitrogen and oxygen atoms in total. The van der Waals surface area contributed by atoms with Gasteiger partial charge >= 0.3 is 0 Å². The maximum absolute atomic E-state index is 12.8. The molecule has 138 valence electrons. The Labute approximate surface area is 154 Å². The number of hydrogen-bond donors (Lipinski definition) is 1. The van der Waals surface area contributed by atoms with Crippen LogP contribution in [-0.2, 0) is 21.5 Å². The van der Waals surface area contributed by atoms with Crippen molar-refractivity contribution >= 4 is 21.8 Å². The summed E-state index contributed by atoms with van der Waals surface area (Å²) in [6.07, 6.45) is 0.698. The van der Waals surface area contributed by atoms with Gasteiger partial charge in [-0.2, -0.15) is 17.0 Å². The molecule has 2 aromatic carbocycles. The van der Waals surface area contributed by atoms with Crippen LogP contribution in [0.2, 0.25) is 0 Å². The van der Waals surface area contributed by atoms with E-state index in [1.54, 1.807) is 6.07 Å². The molecule has 1 heterocycles. The van der Waals surface area contributed by atoms with Crippen molar-refractivity contribution in [2.24, 2.45) is 0 Å². The number of amides is 1. The average molecular weight is 373 g/mol. The van der Waals surface area contributed by atoms with Gasteiger partial charge in [0.15, 0.2) is 0 Å². The molecule has 0 spiro atoms. The molecule has 0 saturated carbocycles. The van der Waals surface area contributed by atoms with E-state index in [-0.39, 0.29) is 12.5 Å². The van der Waals surface area contributed by atoms with Gasteiger partial charge in [-0.15, -0.1) is 0 Å². The van der Waals surface area contributed by atoms with Gasteiger partial charge in [-0.25, -0.2) is 0 Å². The number of aryl methyl sites for hydroxylation is 1. The van der Waals surface area contributed by atoms with Crippen LogP contribution >= 0.6 is 0 Å². The van der Waals surface area contributed by atoms with E-state index < -0.39 is 10.2 Å². The second-order valence-corrected chi connectivity index (χ2v) is 8.36. The zero-order valence-electron chi connectivity index (χ0n) is 14.8. The number of carbonyl (C=O) groups excluding carboxylic acids is 1. The largest absolute Gasteiger partial charge is 0.325 e. The van der Waals surface area contributed by atoms with Crippen molar-refractivity contribution in [1.29, 1.82) is 0 Å². The molecule has 0 radical (unpaired) electrons. The Morgan fingerprint density at radius 1 is 1.04 bits per heavy atom. The lowest BCUT2D eigenvalue weighted by Crippen LogP contribution is -2.51. The summed E-state index contributed by atoms with van der Waals surface area (Å²) < 4.78 is 28.4. The number of carbonyl (C=O) groups is 1. The maximum atomic E-state index is 12.8. The zero-order chi connectivity index (χ0) is 18.6. The molecule has 1 aliphatic rings. The van der Waals surface area contributed by atoms with E-state index in [4.69, 9.17) is 0 Å². The number of anilines is 1. The summed E-state index contributed by atoms with van der Waals surface area (Å²) in [5, 5.41) is 2.77. The molecule has 0 atom stereocenters. The minimum atomic E-state index is -3.65. The first-order valence-corrected chi connectivity index (χ1v) is 10.0. The van der Waals surface area contributed by atoms with Gasteiger partial charge < -0.3 is 5.32 Å². The quantitative estimate of drug-likeness (QED) is 0.875. The molecule has 0 bridgehead atoms. The normalized spacial score (nSPS) is 17.7. The summed E-state index contributed by atoms with van der Waals surface area (Å²) in [5.74, 6) is -0.333. The van der Waals surface area contributed by atoms with Crippen molar-refractivity contribution in [3.63, 3.8) is 0 Å². The standard InChI is InChI=1S/C19H23N3O3S/c1-16-7-5-10-18(13-16)20-19(23)15-22-12-6-11-21(26(22,24)25)14-17-8-3-2-4-9-17/h2-5,7-10,13H,6,11-12,14-15H2,1H3,(H,20,23). The highest BCUT2D eigenvalue weighted by Gasteiger charge is 2.34. The van der Waals surface area contributed by atoms with Crippen LogP contribution in [0.15, 0.2) is 54.6 Å². The Morgan fingerprint density at radius 2 is 1.77 bits per heavy atom. The highest BCUT2D eigenvalue weighted by molar-refractivity contribution is 7.86. The van der Waals surface area contributed by atoms with E-state index in [1.165, 1.54) is 8.61 Å². The van der Waals surface area contributed by atoms with Crippen LogP contribution in [-0.4, -0.2) is 42.6 Å². The molecule has 0 aliphatic carbocycles. The van der Waals surface area contributed by atoms with Crippen LogP contribution in [0.25, 0.3) is 0 Å². The summed E-state index contributed by atoms with van der Waals surface area (Å²) in [6.45, 7) is 2.90. The van der Waals surface area contributed by atoms with Crippen molar-refractivity contribution in [2.75, 3.05) is 25.0 Å². The third-order valence-electron chi connectivity index (χ3n) is 4.29. The molecule has 0 unspecified atom stereocenters. The first-order chi connectivity index (χ1) is 12.4.